The predicted molar refractivity (Wildman–Crippen MR) is 107 cm³/mol. The van der Waals surface area contributed by atoms with Crippen molar-refractivity contribution in [1.82, 2.24) is 10.1 Å². The van der Waals surface area contributed by atoms with Gasteiger partial charge in [-0.05, 0) is 24.8 Å². The van der Waals surface area contributed by atoms with E-state index in [-0.39, 0.29) is 48.4 Å². The fourth-order valence-electron chi connectivity index (χ4n) is 4.25. The first-order valence-electron chi connectivity index (χ1n) is 10.3. The summed E-state index contributed by atoms with van der Waals surface area (Å²) in [6.07, 6.45) is 4.53. The Balaban J connectivity index is 1.33. The molecule has 0 bridgehead atoms. The molecule has 2 aromatic rings. The minimum Gasteiger partial charge on any atom is -0.338 e. The van der Waals surface area contributed by atoms with Crippen LogP contribution in [0.5, 0.6) is 0 Å². The van der Waals surface area contributed by atoms with Crippen molar-refractivity contribution in [2.24, 2.45) is 11.8 Å². The lowest BCUT2D eigenvalue weighted by Crippen LogP contribution is -2.34. The molecule has 2 unspecified atom stereocenters. The minimum atomic E-state index is -0.315. The second-order valence-electron chi connectivity index (χ2n) is 7.75. The van der Waals surface area contributed by atoms with Gasteiger partial charge in [0.25, 0.3) is 0 Å². The molecular weight excluding hydrogens is 370 g/mol. The van der Waals surface area contributed by atoms with Gasteiger partial charge in [-0.1, -0.05) is 49.2 Å². The summed E-state index contributed by atoms with van der Waals surface area (Å²) in [5.74, 6) is -0.678. The third-order valence-electron chi connectivity index (χ3n) is 5.93. The minimum absolute atomic E-state index is 0.0398. The van der Waals surface area contributed by atoms with Crippen molar-refractivity contribution in [3.05, 3.63) is 35.9 Å². The second-order valence-corrected chi connectivity index (χ2v) is 7.75. The van der Waals surface area contributed by atoms with E-state index in [9.17, 15) is 14.4 Å². The summed E-state index contributed by atoms with van der Waals surface area (Å²) in [6, 6.07) is 9.66. The highest BCUT2D eigenvalue weighted by atomic mass is 16.5. The average molecular weight is 395 g/mol. The number of amides is 3. The summed E-state index contributed by atoms with van der Waals surface area (Å²) in [5, 5.41) is 6.65. The number of hydrogen-bond donors (Lipinski definition) is 1. The molecule has 1 aliphatic carbocycles. The first-order chi connectivity index (χ1) is 14.1. The molecule has 1 aliphatic heterocycles. The van der Waals surface area contributed by atoms with Gasteiger partial charge in [0, 0.05) is 24.6 Å². The largest absolute Gasteiger partial charge is 0.338 e. The van der Waals surface area contributed by atoms with Crippen LogP contribution in [0.15, 0.2) is 34.9 Å². The number of anilines is 1. The van der Waals surface area contributed by atoms with Gasteiger partial charge >= 0.3 is 0 Å². The van der Waals surface area contributed by atoms with Gasteiger partial charge in [0.05, 0.1) is 11.8 Å². The zero-order chi connectivity index (χ0) is 20.4. The van der Waals surface area contributed by atoms with Crippen LogP contribution in [0.2, 0.25) is 0 Å². The Morgan fingerprint density at radius 2 is 1.79 bits per heavy atom. The Kier molecular flexibility index (Phi) is 5.47. The van der Waals surface area contributed by atoms with Crippen LogP contribution >= 0.6 is 0 Å². The van der Waals surface area contributed by atoms with Gasteiger partial charge in [-0.2, -0.15) is 0 Å². The maximum atomic E-state index is 12.5. The Bertz CT molecular complexity index is 894. The number of hydrogen-bond acceptors (Lipinski definition) is 5. The number of imide groups is 1. The molecule has 0 radical (unpaired) electrons. The van der Waals surface area contributed by atoms with Gasteiger partial charge in [-0.3, -0.25) is 24.6 Å². The number of nitrogens with zero attached hydrogens (tertiary/aromatic N) is 2. The Morgan fingerprint density at radius 1 is 1.14 bits per heavy atom. The first kappa shape index (κ1) is 19.4. The summed E-state index contributed by atoms with van der Waals surface area (Å²) in [5.41, 5.74) is 2.77. The van der Waals surface area contributed by atoms with Crippen LogP contribution < -0.4 is 5.32 Å². The van der Waals surface area contributed by atoms with Gasteiger partial charge in [0.15, 0.2) is 0 Å². The van der Waals surface area contributed by atoms with E-state index in [1.54, 1.807) is 6.07 Å². The molecule has 1 N–H and O–H groups in total. The third-order valence-corrected chi connectivity index (χ3v) is 5.93. The van der Waals surface area contributed by atoms with Gasteiger partial charge in [-0.25, -0.2) is 0 Å². The van der Waals surface area contributed by atoms with Crippen LogP contribution in [-0.4, -0.2) is 34.3 Å². The lowest BCUT2D eigenvalue weighted by molar-refractivity contribution is -0.140. The van der Waals surface area contributed by atoms with Gasteiger partial charge in [0.1, 0.15) is 5.69 Å². The summed E-state index contributed by atoms with van der Waals surface area (Å²) in [6.45, 7) is 2.20. The first-order valence-corrected chi connectivity index (χ1v) is 10.3. The number of carbonyl (C=O) groups excluding carboxylic acids is 3. The van der Waals surface area contributed by atoms with Gasteiger partial charge < -0.3 is 4.52 Å². The van der Waals surface area contributed by atoms with Crippen molar-refractivity contribution in [3.63, 3.8) is 0 Å². The number of nitrogens with one attached hydrogen (secondary N) is 1. The highest BCUT2D eigenvalue weighted by Gasteiger charge is 2.47. The lowest BCUT2D eigenvalue weighted by Gasteiger charge is -2.19. The summed E-state index contributed by atoms with van der Waals surface area (Å²) in [7, 11) is 0. The number of likely N-dealkylation sites (tertiary alicyclic amines) is 1. The zero-order valence-electron chi connectivity index (χ0n) is 16.5. The van der Waals surface area contributed by atoms with Crippen molar-refractivity contribution in [2.45, 2.75) is 45.4 Å². The van der Waals surface area contributed by atoms with Crippen molar-refractivity contribution in [2.75, 3.05) is 11.9 Å². The number of benzene rings is 1. The molecule has 4 rings (SSSR count). The zero-order valence-corrected chi connectivity index (χ0v) is 16.5. The van der Waals surface area contributed by atoms with Crippen LogP contribution in [0.25, 0.3) is 11.3 Å². The molecule has 1 aromatic heterocycles. The van der Waals surface area contributed by atoms with E-state index in [0.717, 1.165) is 37.7 Å². The van der Waals surface area contributed by atoms with E-state index < -0.39 is 0 Å². The number of fused-ring (bicyclic) bond motifs is 1. The van der Waals surface area contributed by atoms with Crippen molar-refractivity contribution in [1.29, 1.82) is 0 Å². The predicted octanol–water partition coefficient (Wildman–Crippen LogP) is 3.41. The topological polar surface area (TPSA) is 92.5 Å². The number of rotatable bonds is 6. The standard InChI is InChI=1S/C22H25N3O4/c1-2-14-7-9-15(10-8-14)18-13-20(29-24-18)23-19(26)11-12-25-21(27)16-5-3-4-6-17(16)22(25)28/h7-10,13,16-17H,2-6,11-12H2,1H3,(H,23,26). The Morgan fingerprint density at radius 3 is 2.41 bits per heavy atom. The summed E-state index contributed by atoms with van der Waals surface area (Å²) in [4.78, 5) is 38.5. The lowest BCUT2D eigenvalue weighted by atomic mass is 9.81. The molecule has 7 nitrogen and oxygen atoms in total. The van der Waals surface area contributed by atoms with E-state index in [2.05, 4.69) is 17.4 Å². The van der Waals surface area contributed by atoms with E-state index in [4.69, 9.17) is 4.52 Å². The molecule has 29 heavy (non-hydrogen) atoms. The Labute approximate surface area is 169 Å². The smallest absolute Gasteiger partial charge is 0.233 e. The summed E-state index contributed by atoms with van der Waals surface area (Å²) >= 11 is 0. The monoisotopic (exact) mass is 395 g/mol. The van der Waals surface area contributed by atoms with Crippen LogP contribution in [0, 0.1) is 11.8 Å². The van der Waals surface area contributed by atoms with Crippen LogP contribution in [0.1, 0.15) is 44.6 Å². The number of aryl methyl sites for hydroxylation is 1. The van der Waals surface area contributed by atoms with E-state index >= 15 is 0 Å². The van der Waals surface area contributed by atoms with Gasteiger partial charge in [-0.15, -0.1) is 0 Å². The molecule has 2 aliphatic rings. The normalized spacial score (nSPS) is 21.3. The average Bonchev–Trinajstić information content (AvgIpc) is 3.30. The van der Waals surface area contributed by atoms with Crippen LogP contribution in [0.4, 0.5) is 5.88 Å². The molecule has 3 amide bonds. The molecule has 1 saturated heterocycles. The van der Waals surface area contributed by atoms with E-state index in [1.807, 2.05) is 24.3 Å². The molecule has 2 fully saturated rings. The van der Waals surface area contributed by atoms with E-state index in [0.29, 0.717) is 5.69 Å². The highest BCUT2D eigenvalue weighted by Crippen LogP contribution is 2.38. The number of carbonyl (C=O) groups is 3. The van der Waals surface area contributed by atoms with Crippen molar-refractivity contribution >= 4 is 23.6 Å². The second kappa shape index (κ2) is 8.19. The summed E-state index contributed by atoms with van der Waals surface area (Å²) < 4.78 is 5.21. The molecule has 152 valence electrons. The Hall–Kier alpha value is -2.96. The number of aromatic nitrogens is 1. The molecule has 1 aromatic carbocycles. The molecular formula is C22H25N3O4. The highest BCUT2D eigenvalue weighted by molar-refractivity contribution is 6.05. The molecule has 2 atom stereocenters. The molecule has 0 spiro atoms. The van der Waals surface area contributed by atoms with E-state index in [1.165, 1.54) is 10.5 Å². The third kappa shape index (κ3) is 3.95. The maximum Gasteiger partial charge on any atom is 0.233 e. The molecule has 2 heterocycles. The SMILES string of the molecule is CCc1ccc(-c2cc(NC(=O)CCN3C(=O)C4CCCCC4C3=O)on2)cc1. The molecule has 1 saturated carbocycles. The van der Waals surface area contributed by atoms with Crippen molar-refractivity contribution < 1.29 is 18.9 Å². The van der Waals surface area contributed by atoms with Crippen LogP contribution in [0.3, 0.4) is 0 Å². The molecule has 7 heteroatoms. The fraction of sp³-hybridized carbons (Fsp3) is 0.455. The maximum absolute atomic E-state index is 12.5. The van der Waals surface area contributed by atoms with Crippen LogP contribution in [-0.2, 0) is 20.8 Å². The van der Waals surface area contributed by atoms with Crippen molar-refractivity contribution in [3.8, 4) is 11.3 Å². The fourth-order valence-corrected chi connectivity index (χ4v) is 4.25. The van der Waals surface area contributed by atoms with Gasteiger partial charge in [0.2, 0.25) is 23.6 Å². The quantitative estimate of drug-likeness (QED) is 0.757.